The number of fused-ring (bicyclic) bond motifs is 3. The summed E-state index contributed by atoms with van der Waals surface area (Å²) in [6.45, 7) is 7.30. The van der Waals surface area contributed by atoms with Gasteiger partial charge in [-0.1, -0.05) is 5.92 Å². The van der Waals surface area contributed by atoms with E-state index in [4.69, 9.17) is 34.8 Å². The summed E-state index contributed by atoms with van der Waals surface area (Å²) in [6.07, 6.45) is 2.94. The summed E-state index contributed by atoms with van der Waals surface area (Å²) >= 11 is 0. The first-order chi connectivity index (χ1) is 13.2. The lowest BCUT2D eigenvalue weighted by Gasteiger charge is -2.36. The van der Waals surface area contributed by atoms with Crippen LogP contribution in [0.4, 0.5) is 0 Å². The maximum atomic E-state index is 12.4. The summed E-state index contributed by atoms with van der Waals surface area (Å²) in [5, 5.41) is 0. The molecule has 0 amide bonds. The van der Waals surface area contributed by atoms with Gasteiger partial charge < -0.3 is 28.4 Å². The lowest BCUT2D eigenvalue weighted by atomic mass is 9.99. The maximum absolute atomic E-state index is 12.4. The monoisotopic (exact) mass is 388 g/mol. The molecule has 3 heterocycles. The normalized spacial score (nSPS) is 34.9. The zero-order chi connectivity index (χ0) is 20.1. The van der Waals surface area contributed by atoms with Crippen LogP contribution in [0.1, 0.15) is 43.6 Å². The summed E-state index contributed by atoms with van der Waals surface area (Å²) in [4.78, 5) is 12.4. The standard InChI is InChI=1S/C21H24O7/c1-6-12-7-9-13(10-8-12)18(22)23-11-14-15-16(26-20(2,3)25-15)17-19(24-14)28-21(4,5)27-17/h1,7-10,14-17,19H,11H2,2-5H3/t14-,15+,16+,17-,19-/m1/s1. The molecule has 150 valence electrons. The Labute approximate surface area is 164 Å². The SMILES string of the molecule is C#Cc1ccc(C(=O)OC[C@H]2O[C@@H]3OC(C)(C)O[C@@H]3[C@H]3OC(C)(C)O[C@H]32)cc1. The molecule has 0 spiro atoms. The van der Waals surface area contributed by atoms with Gasteiger partial charge in [0.05, 0.1) is 5.56 Å². The Bertz CT molecular complexity index is 792. The molecule has 0 unspecified atom stereocenters. The van der Waals surface area contributed by atoms with Gasteiger partial charge in [-0.15, -0.1) is 6.42 Å². The zero-order valence-corrected chi connectivity index (χ0v) is 16.3. The lowest BCUT2D eigenvalue weighted by Crippen LogP contribution is -2.56. The number of terminal acetylenes is 1. The van der Waals surface area contributed by atoms with Crippen molar-refractivity contribution in [2.45, 2.75) is 70.0 Å². The van der Waals surface area contributed by atoms with Gasteiger partial charge in [0.25, 0.3) is 0 Å². The summed E-state index contributed by atoms with van der Waals surface area (Å²) in [5.41, 5.74) is 1.11. The second-order valence-corrected chi connectivity index (χ2v) is 8.03. The molecular formula is C21H24O7. The van der Waals surface area contributed by atoms with E-state index in [0.717, 1.165) is 0 Å². The fraction of sp³-hybridized carbons (Fsp3) is 0.571. The molecule has 3 aliphatic rings. The van der Waals surface area contributed by atoms with Crippen molar-refractivity contribution in [3.63, 3.8) is 0 Å². The first-order valence-electron chi connectivity index (χ1n) is 9.28. The Morgan fingerprint density at radius 3 is 2.29 bits per heavy atom. The van der Waals surface area contributed by atoms with Gasteiger partial charge >= 0.3 is 5.97 Å². The van der Waals surface area contributed by atoms with E-state index >= 15 is 0 Å². The molecule has 0 aromatic heterocycles. The van der Waals surface area contributed by atoms with Gasteiger partial charge in [-0.3, -0.25) is 0 Å². The first kappa shape index (κ1) is 19.4. The van der Waals surface area contributed by atoms with Crippen molar-refractivity contribution in [1.29, 1.82) is 0 Å². The van der Waals surface area contributed by atoms with Crippen LogP contribution >= 0.6 is 0 Å². The van der Waals surface area contributed by atoms with E-state index < -0.39 is 42.1 Å². The molecule has 7 heteroatoms. The van der Waals surface area contributed by atoms with Crippen LogP contribution in [-0.2, 0) is 28.4 Å². The van der Waals surface area contributed by atoms with Crippen molar-refractivity contribution in [3.8, 4) is 12.3 Å². The fourth-order valence-corrected chi connectivity index (χ4v) is 3.77. The average Bonchev–Trinajstić information content (AvgIpc) is 3.13. The molecule has 3 fully saturated rings. The number of carbonyl (C=O) groups excluding carboxylic acids is 1. The van der Waals surface area contributed by atoms with Gasteiger partial charge in [-0.05, 0) is 52.0 Å². The predicted molar refractivity (Wildman–Crippen MR) is 97.2 cm³/mol. The van der Waals surface area contributed by atoms with E-state index in [0.29, 0.717) is 11.1 Å². The van der Waals surface area contributed by atoms with E-state index in [1.54, 1.807) is 24.3 Å². The van der Waals surface area contributed by atoms with Gasteiger partial charge in [0.2, 0.25) is 0 Å². The molecular weight excluding hydrogens is 364 g/mol. The summed E-state index contributed by atoms with van der Waals surface area (Å²) in [7, 11) is 0. The van der Waals surface area contributed by atoms with Gasteiger partial charge in [0.1, 0.15) is 31.0 Å². The Kier molecular flexibility index (Phi) is 4.73. The summed E-state index contributed by atoms with van der Waals surface area (Å²) < 4.78 is 35.3. The van der Waals surface area contributed by atoms with Crippen molar-refractivity contribution in [3.05, 3.63) is 35.4 Å². The van der Waals surface area contributed by atoms with Gasteiger partial charge in [-0.2, -0.15) is 0 Å². The Balaban J connectivity index is 1.46. The van der Waals surface area contributed by atoms with E-state index in [-0.39, 0.29) is 12.7 Å². The van der Waals surface area contributed by atoms with Crippen LogP contribution in [0.2, 0.25) is 0 Å². The molecule has 1 aromatic carbocycles. The third-order valence-corrected chi connectivity index (χ3v) is 4.92. The minimum Gasteiger partial charge on any atom is -0.459 e. The maximum Gasteiger partial charge on any atom is 0.338 e. The quantitative estimate of drug-likeness (QED) is 0.581. The average molecular weight is 388 g/mol. The van der Waals surface area contributed by atoms with Crippen LogP contribution in [0.3, 0.4) is 0 Å². The highest BCUT2D eigenvalue weighted by atomic mass is 16.9. The molecule has 4 rings (SSSR count). The van der Waals surface area contributed by atoms with E-state index in [1.807, 2.05) is 27.7 Å². The summed E-state index contributed by atoms with van der Waals surface area (Å²) in [5.74, 6) is 0.458. The third kappa shape index (κ3) is 3.66. The molecule has 0 N–H and O–H groups in total. The van der Waals surface area contributed by atoms with Gasteiger partial charge in [-0.25, -0.2) is 4.79 Å². The lowest BCUT2D eigenvalue weighted by molar-refractivity contribution is -0.240. The topological polar surface area (TPSA) is 72.5 Å². The molecule has 3 aliphatic heterocycles. The number of rotatable bonds is 3. The molecule has 5 atom stereocenters. The minimum absolute atomic E-state index is 0.00331. The van der Waals surface area contributed by atoms with Crippen LogP contribution in [0.5, 0.6) is 0 Å². The highest BCUT2D eigenvalue weighted by Gasteiger charge is 2.60. The Hall–Kier alpha value is -1.95. The van der Waals surface area contributed by atoms with E-state index in [1.165, 1.54) is 0 Å². The van der Waals surface area contributed by atoms with Crippen LogP contribution in [-0.4, -0.2) is 54.9 Å². The molecule has 0 aliphatic carbocycles. The largest absolute Gasteiger partial charge is 0.459 e. The smallest absolute Gasteiger partial charge is 0.338 e. The number of ether oxygens (including phenoxy) is 6. The highest BCUT2D eigenvalue weighted by molar-refractivity contribution is 5.89. The molecule has 28 heavy (non-hydrogen) atoms. The molecule has 1 aromatic rings. The highest BCUT2D eigenvalue weighted by Crippen LogP contribution is 2.44. The Morgan fingerprint density at radius 1 is 1.00 bits per heavy atom. The first-order valence-corrected chi connectivity index (χ1v) is 9.28. The summed E-state index contributed by atoms with van der Waals surface area (Å²) in [6, 6.07) is 6.65. The molecule has 0 saturated carbocycles. The Morgan fingerprint density at radius 2 is 1.61 bits per heavy atom. The van der Waals surface area contributed by atoms with Crippen molar-refractivity contribution in [2.24, 2.45) is 0 Å². The zero-order valence-electron chi connectivity index (χ0n) is 16.3. The molecule has 0 radical (unpaired) electrons. The van der Waals surface area contributed by atoms with Crippen LogP contribution in [0.15, 0.2) is 24.3 Å². The number of carbonyl (C=O) groups is 1. The predicted octanol–water partition coefficient (Wildman–Crippen LogP) is 2.22. The van der Waals surface area contributed by atoms with E-state index in [2.05, 4.69) is 5.92 Å². The molecule has 3 saturated heterocycles. The minimum atomic E-state index is -0.795. The molecule has 0 bridgehead atoms. The second kappa shape index (κ2) is 6.83. The molecule has 7 nitrogen and oxygen atoms in total. The number of hydrogen-bond acceptors (Lipinski definition) is 7. The van der Waals surface area contributed by atoms with Crippen molar-refractivity contribution in [2.75, 3.05) is 6.61 Å². The third-order valence-electron chi connectivity index (χ3n) is 4.92. The van der Waals surface area contributed by atoms with Crippen LogP contribution < -0.4 is 0 Å². The second-order valence-electron chi connectivity index (χ2n) is 8.03. The van der Waals surface area contributed by atoms with Crippen LogP contribution in [0, 0.1) is 12.3 Å². The van der Waals surface area contributed by atoms with E-state index in [9.17, 15) is 4.79 Å². The number of esters is 1. The van der Waals surface area contributed by atoms with Gasteiger partial charge in [0.15, 0.2) is 17.9 Å². The fourth-order valence-electron chi connectivity index (χ4n) is 3.77. The van der Waals surface area contributed by atoms with Crippen molar-refractivity contribution >= 4 is 5.97 Å². The van der Waals surface area contributed by atoms with Crippen LogP contribution in [0.25, 0.3) is 0 Å². The number of benzene rings is 1. The van der Waals surface area contributed by atoms with Gasteiger partial charge in [0, 0.05) is 5.56 Å². The van der Waals surface area contributed by atoms with Crippen molar-refractivity contribution in [1.82, 2.24) is 0 Å². The van der Waals surface area contributed by atoms with Crippen molar-refractivity contribution < 1.29 is 33.2 Å². The number of hydrogen-bond donors (Lipinski definition) is 0.